The van der Waals surface area contributed by atoms with Crippen molar-refractivity contribution in [3.63, 3.8) is 0 Å². The maximum atomic E-state index is 13.4. The molecule has 31 heavy (non-hydrogen) atoms. The van der Waals surface area contributed by atoms with Gasteiger partial charge in [-0.25, -0.2) is 4.98 Å². The first-order valence-corrected chi connectivity index (χ1v) is 10.8. The van der Waals surface area contributed by atoms with E-state index in [9.17, 15) is 4.79 Å². The largest absolute Gasteiger partial charge is 0.497 e. The lowest BCUT2D eigenvalue weighted by atomic mass is 9.92. The van der Waals surface area contributed by atoms with E-state index in [2.05, 4.69) is 15.3 Å². The van der Waals surface area contributed by atoms with E-state index in [0.717, 1.165) is 48.0 Å². The van der Waals surface area contributed by atoms with Crippen LogP contribution in [0.25, 0.3) is 33.3 Å². The second kappa shape index (κ2) is 7.98. The molecule has 0 aliphatic heterocycles. The van der Waals surface area contributed by atoms with Crippen molar-refractivity contribution < 1.29 is 13.7 Å². The summed E-state index contributed by atoms with van der Waals surface area (Å²) in [6.07, 6.45) is 5.55. The van der Waals surface area contributed by atoms with E-state index in [1.807, 2.05) is 35.9 Å². The van der Waals surface area contributed by atoms with Gasteiger partial charge in [-0.05, 0) is 56.0 Å². The van der Waals surface area contributed by atoms with Crippen LogP contribution < -0.4 is 15.6 Å². The molecule has 1 aliphatic rings. The standard InChI is InChI=1S/C23H23ClN4O3/c1-25-19-10-3-13(12-26-19)20-22-21(17-11-14(24)4-9-18(17)31-22)28(23(29)27-20)15-5-7-16(30-2)8-6-15/h3-4,9-12,15-16H,5-8H2,1-2H3,(H,25,26,27,29)/p+1. The van der Waals surface area contributed by atoms with E-state index >= 15 is 0 Å². The summed E-state index contributed by atoms with van der Waals surface area (Å²) in [5.41, 5.74) is 3.33. The Kier molecular flexibility index (Phi) is 5.16. The third kappa shape index (κ3) is 3.47. The highest BCUT2D eigenvalue weighted by molar-refractivity contribution is 6.31. The molecule has 160 valence electrons. The molecule has 0 saturated heterocycles. The number of pyridine rings is 1. The van der Waals surface area contributed by atoms with Crippen molar-refractivity contribution in [2.75, 3.05) is 19.5 Å². The number of hydrogen-bond acceptors (Lipinski definition) is 5. The average molecular weight is 440 g/mol. The van der Waals surface area contributed by atoms with Crippen LogP contribution in [0, 0.1) is 0 Å². The number of nitrogens with one attached hydrogen (secondary N) is 2. The molecule has 2 N–H and O–H groups in total. The molecule has 0 atom stereocenters. The van der Waals surface area contributed by atoms with Crippen molar-refractivity contribution in [2.45, 2.75) is 37.8 Å². The lowest BCUT2D eigenvalue weighted by molar-refractivity contribution is -0.717. The highest BCUT2D eigenvalue weighted by Gasteiger charge is 2.32. The van der Waals surface area contributed by atoms with Crippen molar-refractivity contribution >= 4 is 39.5 Å². The normalized spacial score (nSPS) is 19.2. The molecule has 1 aliphatic carbocycles. The summed E-state index contributed by atoms with van der Waals surface area (Å²) in [5, 5.41) is 4.45. The SMILES string of the molecule is CNc1ccc(-c2[nH]c(=O)[n+](C3CCC(OC)CC3)c3c2oc2ccc(Cl)cc23)cn1. The third-order valence-electron chi connectivity index (χ3n) is 6.19. The van der Waals surface area contributed by atoms with Gasteiger partial charge in [0.15, 0.2) is 11.2 Å². The number of hydrogen-bond donors (Lipinski definition) is 2. The predicted molar refractivity (Wildman–Crippen MR) is 121 cm³/mol. The first kappa shape index (κ1) is 20.0. The number of aromatic amines is 1. The van der Waals surface area contributed by atoms with Gasteiger partial charge in [0.25, 0.3) is 0 Å². The number of ether oxygens (including phenoxy) is 1. The van der Waals surface area contributed by atoms with Crippen LogP contribution in [0.15, 0.2) is 45.7 Å². The van der Waals surface area contributed by atoms with Gasteiger partial charge in [0, 0.05) is 30.9 Å². The van der Waals surface area contributed by atoms with Gasteiger partial charge in [0.05, 0.1) is 11.5 Å². The summed E-state index contributed by atoms with van der Waals surface area (Å²) in [5.74, 6) is 0.750. The van der Waals surface area contributed by atoms with E-state index in [4.69, 9.17) is 20.8 Å². The molecule has 1 aromatic carbocycles. The van der Waals surface area contributed by atoms with Crippen LogP contribution in [0.3, 0.4) is 0 Å². The molecular weight excluding hydrogens is 416 g/mol. The fourth-order valence-electron chi connectivity index (χ4n) is 4.57. The average Bonchev–Trinajstić information content (AvgIpc) is 3.17. The number of fused-ring (bicyclic) bond motifs is 3. The first-order valence-electron chi connectivity index (χ1n) is 10.5. The number of anilines is 1. The van der Waals surface area contributed by atoms with Gasteiger partial charge < -0.3 is 14.5 Å². The van der Waals surface area contributed by atoms with E-state index in [1.54, 1.807) is 19.4 Å². The second-order valence-corrected chi connectivity index (χ2v) is 8.38. The van der Waals surface area contributed by atoms with Gasteiger partial charge in [-0.1, -0.05) is 11.6 Å². The number of methoxy groups -OCH3 is 1. The van der Waals surface area contributed by atoms with Gasteiger partial charge in [-0.2, -0.15) is 14.3 Å². The van der Waals surface area contributed by atoms with Crippen LogP contribution >= 0.6 is 11.6 Å². The van der Waals surface area contributed by atoms with Crippen LogP contribution in [-0.4, -0.2) is 30.2 Å². The lowest BCUT2D eigenvalue weighted by Gasteiger charge is -2.26. The van der Waals surface area contributed by atoms with Crippen molar-refractivity contribution in [1.82, 2.24) is 9.97 Å². The number of H-pyrrole nitrogens is 1. The van der Waals surface area contributed by atoms with E-state index in [-0.39, 0.29) is 17.8 Å². The number of furan rings is 1. The third-order valence-corrected chi connectivity index (χ3v) is 6.43. The summed E-state index contributed by atoms with van der Waals surface area (Å²) in [4.78, 5) is 20.8. The number of aromatic nitrogens is 3. The molecule has 0 radical (unpaired) electrons. The minimum Gasteiger partial charge on any atom is -0.448 e. The smallest absolute Gasteiger partial charge is 0.448 e. The van der Waals surface area contributed by atoms with Gasteiger partial charge in [-0.3, -0.25) is 0 Å². The van der Waals surface area contributed by atoms with E-state index < -0.39 is 0 Å². The van der Waals surface area contributed by atoms with Crippen LogP contribution in [0.2, 0.25) is 5.02 Å². The van der Waals surface area contributed by atoms with Crippen LogP contribution in [-0.2, 0) is 4.74 Å². The Balaban J connectivity index is 1.76. The lowest BCUT2D eigenvalue weighted by Crippen LogP contribution is -2.56. The molecule has 0 unspecified atom stereocenters. The summed E-state index contributed by atoms with van der Waals surface area (Å²) in [6.45, 7) is 0. The molecule has 5 rings (SSSR count). The summed E-state index contributed by atoms with van der Waals surface area (Å²) in [6, 6.07) is 9.36. The van der Waals surface area contributed by atoms with Crippen molar-refractivity contribution in [2.24, 2.45) is 0 Å². The molecule has 7 nitrogen and oxygen atoms in total. The zero-order chi connectivity index (χ0) is 21.5. The van der Waals surface area contributed by atoms with Gasteiger partial charge in [0.2, 0.25) is 5.58 Å². The Hall–Kier alpha value is -2.90. The molecule has 3 aromatic heterocycles. The van der Waals surface area contributed by atoms with Gasteiger partial charge >= 0.3 is 5.69 Å². The Labute approximate surface area is 184 Å². The number of nitrogens with zero attached hydrogens (tertiary/aromatic N) is 2. The Morgan fingerprint density at radius 1 is 1.23 bits per heavy atom. The number of halogens is 1. The molecular formula is C23H24ClN4O3+. The minimum atomic E-state index is -0.163. The van der Waals surface area contributed by atoms with Crippen LogP contribution in [0.1, 0.15) is 31.7 Å². The minimum absolute atomic E-state index is 0.0660. The molecule has 4 aromatic rings. The van der Waals surface area contributed by atoms with Gasteiger partial charge in [-0.15, -0.1) is 0 Å². The van der Waals surface area contributed by atoms with Crippen LogP contribution in [0.5, 0.6) is 0 Å². The summed E-state index contributed by atoms with van der Waals surface area (Å²) >= 11 is 6.31. The predicted octanol–water partition coefficient (Wildman–Crippen LogP) is 4.45. The van der Waals surface area contributed by atoms with E-state index in [0.29, 0.717) is 21.9 Å². The fraction of sp³-hybridized carbons (Fsp3) is 0.348. The number of rotatable bonds is 4. The highest BCUT2D eigenvalue weighted by atomic mass is 35.5. The first-order chi connectivity index (χ1) is 15.1. The van der Waals surface area contributed by atoms with Gasteiger partial charge in [0.1, 0.15) is 17.4 Å². The van der Waals surface area contributed by atoms with Crippen molar-refractivity contribution in [1.29, 1.82) is 0 Å². The highest BCUT2D eigenvalue weighted by Crippen LogP contribution is 2.35. The van der Waals surface area contributed by atoms with E-state index in [1.165, 1.54) is 0 Å². The molecule has 3 heterocycles. The molecule has 8 heteroatoms. The zero-order valence-electron chi connectivity index (χ0n) is 17.4. The van der Waals surface area contributed by atoms with Crippen LogP contribution in [0.4, 0.5) is 5.82 Å². The maximum absolute atomic E-state index is 13.4. The topological polar surface area (TPSA) is 84.0 Å². The molecule has 0 amide bonds. The molecule has 1 saturated carbocycles. The Bertz CT molecular complexity index is 1300. The second-order valence-electron chi connectivity index (χ2n) is 7.94. The monoisotopic (exact) mass is 439 g/mol. The quantitative estimate of drug-likeness (QED) is 0.459. The number of benzene rings is 1. The molecule has 0 bridgehead atoms. The molecule has 1 fully saturated rings. The zero-order valence-corrected chi connectivity index (χ0v) is 18.2. The summed E-state index contributed by atoms with van der Waals surface area (Å²) in [7, 11) is 3.56. The maximum Gasteiger partial charge on any atom is 0.497 e. The molecule has 0 spiro atoms. The van der Waals surface area contributed by atoms with Crippen molar-refractivity contribution in [3.05, 3.63) is 52.0 Å². The fourth-order valence-corrected chi connectivity index (χ4v) is 4.74. The Morgan fingerprint density at radius 2 is 2.03 bits per heavy atom. The summed E-state index contributed by atoms with van der Waals surface area (Å²) < 4.78 is 13.6. The Morgan fingerprint density at radius 3 is 2.71 bits per heavy atom. The van der Waals surface area contributed by atoms with Crippen molar-refractivity contribution in [3.8, 4) is 11.3 Å².